The Labute approximate surface area is 118 Å². The van der Waals surface area contributed by atoms with Gasteiger partial charge in [0.2, 0.25) is 0 Å². The smallest absolute Gasteiger partial charge is 0.495 e. The normalized spacial score (nSPS) is 20.5. The second-order valence-corrected chi connectivity index (χ2v) is 6.16. The fourth-order valence-corrected chi connectivity index (χ4v) is 2.36. The van der Waals surface area contributed by atoms with Crippen molar-refractivity contribution in [3.8, 4) is 5.75 Å². The van der Waals surface area contributed by atoms with E-state index in [0.29, 0.717) is 5.52 Å². The van der Waals surface area contributed by atoms with E-state index in [2.05, 4.69) is 4.98 Å². The highest BCUT2D eigenvalue weighted by atomic mass is 16.7. The minimum absolute atomic E-state index is 0.167. The molecule has 5 heteroatoms. The molecule has 0 amide bonds. The standard InChI is InChI=1S/C15H18BNO3/c1-14(2)15(3,4)20-16(19-14)11-7-8-12(18)13-10(11)6-5-9-17-13/h5-9,18H,1-4H3. The predicted octanol–water partition coefficient (Wildman–Crippen LogP) is 2.24. The average molecular weight is 271 g/mol. The summed E-state index contributed by atoms with van der Waals surface area (Å²) in [6.07, 6.45) is 1.66. The monoisotopic (exact) mass is 271 g/mol. The van der Waals surface area contributed by atoms with E-state index >= 15 is 0 Å². The van der Waals surface area contributed by atoms with Crippen LogP contribution in [0.2, 0.25) is 0 Å². The minimum Gasteiger partial charge on any atom is -0.506 e. The lowest BCUT2D eigenvalue weighted by atomic mass is 9.76. The van der Waals surface area contributed by atoms with Crippen LogP contribution in [0, 0.1) is 0 Å². The number of benzene rings is 1. The molecule has 3 rings (SSSR count). The zero-order chi connectivity index (χ0) is 14.5. The highest BCUT2D eigenvalue weighted by Gasteiger charge is 2.52. The van der Waals surface area contributed by atoms with Crippen molar-refractivity contribution in [2.75, 3.05) is 0 Å². The Morgan fingerprint density at radius 3 is 2.35 bits per heavy atom. The van der Waals surface area contributed by atoms with Crippen molar-refractivity contribution in [2.45, 2.75) is 38.9 Å². The summed E-state index contributed by atoms with van der Waals surface area (Å²) in [5, 5.41) is 10.8. The quantitative estimate of drug-likeness (QED) is 0.808. The first-order valence-corrected chi connectivity index (χ1v) is 6.74. The molecule has 2 aromatic rings. The highest BCUT2D eigenvalue weighted by Crippen LogP contribution is 2.37. The molecule has 1 aliphatic rings. The number of phenolic OH excluding ortho intramolecular Hbond substituents is 1. The molecular formula is C15H18BNO3. The van der Waals surface area contributed by atoms with Crippen LogP contribution < -0.4 is 5.46 Å². The van der Waals surface area contributed by atoms with E-state index in [4.69, 9.17) is 9.31 Å². The van der Waals surface area contributed by atoms with Gasteiger partial charge in [0.25, 0.3) is 0 Å². The Hall–Kier alpha value is -1.59. The van der Waals surface area contributed by atoms with Crippen LogP contribution in [-0.4, -0.2) is 28.4 Å². The maximum atomic E-state index is 9.90. The summed E-state index contributed by atoms with van der Waals surface area (Å²) in [4.78, 5) is 4.22. The van der Waals surface area contributed by atoms with Crippen LogP contribution in [-0.2, 0) is 9.31 Å². The Morgan fingerprint density at radius 2 is 1.70 bits per heavy atom. The summed E-state index contributed by atoms with van der Waals surface area (Å²) >= 11 is 0. The molecule has 1 aromatic heterocycles. The van der Waals surface area contributed by atoms with Crippen LogP contribution >= 0.6 is 0 Å². The van der Waals surface area contributed by atoms with Gasteiger partial charge in [-0.3, -0.25) is 4.98 Å². The summed E-state index contributed by atoms with van der Waals surface area (Å²) < 4.78 is 12.1. The third-order valence-electron chi connectivity index (χ3n) is 4.29. The molecule has 0 radical (unpaired) electrons. The SMILES string of the molecule is CC1(C)OB(c2ccc(O)c3ncccc23)OC1(C)C. The van der Waals surface area contributed by atoms with E-state index in [1.807, 2.05) is 45.9 Å². The first kappa shape index (κ1) is 13.4. The molecule has 0 aliphatic carbocycles. The number of hydrogen-bond acceptors (Lipinski definition) is 4. The van der Waals surface area contributed by atoms with Gasteiger partial charge < -0.3 is 14.4 Å². The van der Waals surface area contributed by atoms with E-state index in [9.17, 15) is 5.11 Å². The molecule has 1 saturated heterocycles. The summed E-state index contributed by atoms with van der Waals surface area (Å²) in [5.74, 6) is 0.167. The number of rotatable bonds is 1. The number of pyridine rings is 1. The molecular weight excluding hydrogens is 253 g/mol. The van der Waals surface area contributed by atoms with Gasteiger partial charge in [-0.15, -0.1) is 0 Å². The lowest BCUT2D eigenvalue weighted by Crippen LogP contribution is -2.41. The van der Waals surface area contributed by atoms with Crippen LogP contribution in [0.5, 0.6) is 5.75 Å². The molecule has 1 aliphatic heterocycles. The van der Waals surface area contributed by atoms with Crippen molar-refractivity contribution >= 4 is 23.5 Å². The Kier molecular flexibility index (Phi) is 2.82. The summed E-state index contributed by atoms with van der Waals surface area (Å²) in [6, 6.07) is 7.23. The number of nitrogens with zero attached hydrogens (tertiary/aromatic N) is 1. The lowest BCUT2D eigenvalue weighted by Gasteiger charge is -2.32. The van der Waals surface area contributed by atoms with Crippen LogP contribution in [0.15, 0.2) is 30.5 Å². The van der Waals surface area contributed by atoms with Gasteiger partial charge >= 0.3 is 7.12 Å². The number of phenols is 1. The number of aromatic nitrogens is 1. The topological polar surface area (TPSA) is 51.6 Å². The molecule has 1 aromatic carbocycles. The number of aromatic hydroxyl groups is 1. The molecule has 2 heterocycles. The molecule has 0 spiro atoms. The van der Waals surface area contributed by atoms with Crippen LogP contribution in [0.25, 0.3) is 10.9 Å². The molecule has 0 atom stereocenters. The molecule has 4 nitrogen and oxygen atoms in total. The van der Waals surface area contributed by atoms with Crippen molar-refractivity contribution in [1.29, 1.82) is 0 Å². The Balaban J connectivity index is 2.11. The highest BCUT2D eigenvalue weighted by molar-refractivity contribution is 6.65. The van der Waals surface area contributed by atoms with E-state index in [-0.39, 0.29) is 17.0 Å². The molecule has 1 fully saturated rings. The van der Waals surface area contributed by atoms with Gasteiger partial charge in [0.05, 0.1) is 11.2 Å². The summed E-state index contributed by atoms with van der Waals surface area (Å²) in [5.41, 5.74) is 0.693. The van der Waals surface area contributed by atoms with Crippen molar-refractivity contribution in [3.63, 3.8) is 0 Å². The molecule has 20 heavy (non-hydrogen) atoms. The largest absolute Gasteiger partial charge is 0.506 e. The third kappa shape index (κ3) is 1.89. The van der Waals surface area contributed by atoms with Gasteiger partial charge in [0.15, 0.2) is 0 Å². The van der Waals surface area contributed by atoms with Crippen molar-refractivity contribution in [1.82, 2.24) is 4.98 Å². The fourth-order valence-electron chi connectivity index (χ4n) is 2.36. The van der Waals surface area contributed by atoms with Crippen molar-refractivity contribution < 1.29 is 14.4 Å². The van der Waals surface area contributed by atoms with E-state index in [0.717, 1.165) is 10.8 Å². The second kappa shape index (κ2) is 4.20. The molecule has 0 saturated carbocycles. The van der Waals surface area contributed by atoms with Crippen molar-refractivity contribution in [3.05, 3.63) is 30.5 Å². The maximum absolute atomic E-state index is 9.90. The maximum Gasteiger partial charge on any atom is 0.495 e. The second-order valence-electron chi connectivity index (χ2n) is 6.16. The van der Waals surface area contributed by atoms with Crippen LogP contribution in [0.3, 0.4) is 0 Å². The zero-order valence-corrected chi connectivity index (χ0v) is 12.2. The van der Waals surface area contributed by atoms with Crippen LogP contribution in [0.1, 0.15) is 27.7 Å². The first-order chi connectivity index (χ1) is 9.32. The Morgan fingerprint density at radius 1 is 1.05 bits per heavy atom. The first-order valence-electron chi connectivity index (χ1n) is 6.74. The number of fused-ring (bicyclic) bond motifs is 1. The van der Waals surface area contributed by atoms with Gasteiger partial charge in [-0.1, -0.05) is 12.1 Å². The van der Waals surface area contributed by atoms with E-state index < -0.39 is 7.12 Å². The third-order valence-corrected chi connectivity index (χ3v) is 4.29. The molecule has 1 N–H and O–H groups in total. The summed E-state index contributed by atoms with van der Waals surface area (Å²) in [6.45, 7) is 8.09. The van der Waals surface area contributed by atoms with Gasteiger partial charge in [-0.25, -0.2) is 0 Å². The molecule has 104 valence electrons. The fraction of sp³-hybridized carbons (Fsp3) is 0.400. The minimum atomic E-state index is -0.452. The lowest BCUT2D eigenvalue weighted by molar-refractivity contribution is 0.00578. The van der Waals surface area contributed by atoms with Gasteiger partial charge in [-0.05, 0) is 45.3 Å². The summed E-state index contributed by atoms with van der Waals surface area (Å²) in [7, 11) is -0.452. The van der Waals surface area contributed by atoms with Gasteiger partial charge in [-0.2, -0.15) is 0 Å². The van der Waals surface area contributed by atoms with E-state index in [1.54, 1.807) is 12.3 Å². The van der Waals surface area contributed by atoms with E-state index in [1.165, 1.54) is 0 Å². The average Bonchev–Trinajstić information content (AvgIpc) is 2.59. The van der Waals surface area contributed by atoms with Crippen LogP contribution in [0.4, 0.5) is 0 Å². The molecule has 0 unspecified atom stereocenters. The zero-order valence-electron chi connectivity index (χ0n) is 12.2. The van der Waals surface area contributed by atoms with Gasteiger partial charge in [0.1, 0.15) is 11.3 Å². The van der Waals surface area contributed by atoms with Crippen molar-refractivity contribution in [2.24, 2.45) is 0 Å². The molecule has 0 bridgehead atoms. The number of hydrogen-bond donors (Lipinski definition) is 1. The van der Waals surface area contributed by atoms with Gasteiger partial charge in [0, 0.05) is 11.6 Å². The Bertz CT molecular complexity index is 653. The predicted molar refractivity (Wildman–Crippen MR) is 79.1 cm³/mol.